The molecule has 3 rings (SSSR count). The minimum atomic E-state index is -0.221. The highest BCUT2D eigenvalue weighted by Crippen LogP contribution is 2.24. The van der Waals surface area contributed by atoms with E-state index in [1.807, 2.05) is 6.08 Å². The molecule has 1 unspecified atom stereocenters. The predicted molar refractivity (Wildman–Crippen MR) is 60.4 cm³/mol. The summed E-state index contributed by atoms with van der Waals surface area (Å²) in [7, 11) is 0. The van der Waals surface area contributed by atoms with Crippen LogP contribution in [0.2, 0.25) is 0 Å². The summed E-state index contributed by atoms with van der Waals surface area (Å²) in [4.78, 5) is 25.3. The normalized spacial score (nSPS) is 21.9. The molecule has 17 heavy (non-hydrogen) atoms. The van der Waals surface area contributed by atoms with Gasteiger partial charge in [-0.1, -0.05) is 12.1 Å². The molecule has 2 aliphatic heterocycles. The first-order chi connectivity index (χ1) is 8.27. The molecule has 1 aromatic carbocycles. The molecule has 2 amide bonds. The number of hydrogen-bond donors (Lipinski definition) is 0. The molecule has 0 aromatic heterocycles. The molecule has 0 saturated carbocycles. The molecule has 0 saturated heterocycles. The van der Waals surface area contributed by atoms with Crippen LogP contribution in [0.25, 0.3) is 0 Å². The number of fused-ring (bicyclic) bond motifs is 1. The molecule has 0 bridgehead atoms. The summed E-state index contributed by atoms with van der Waals surface area (Å²) in [6.07, 6.45) is 4.15. The number of amides is 2. The van der Waals surface area contributed by atoms with Gasteiger partial charge in [0, 0.05) is 6.42 Å². The summed E-state index contributed by atoms with van der Waals surface area (Å²) in [6.45, 7) is 0.319. The van der Waals surface area contributed by atoms with Crippen molar-refractivity contribution in [2.45, 2.75) is 12.5 Å². The van der Waals surface area contributed by atoms with Crippen LogP contribution in [0.4, 0.5) is 0 Å². The van der Waals surface area contributed by atoms with E-state index in [9.17, 15) is 9.59 Å². The quantitative estimate of drug-likeness (QED) is 0.723. The van der Waals surface area contributed by atoms with Crippen molar-refractivity contribution in [1.29, 1.82) is 0 Å². The van der Waals surface area contributed by atoms with Gasteiger partial charge >= 0.3 is 0 Å². The van der Waals surface area contributed by atoms with Gasteiger partial charge in [-0.2, -0.15) is 0 Å². The van der Waals surface area contributed by atoms with Crippen LogP contribution in [0.1, 0.15) is 27.1 Å². The fourth-order valence-corrected chi connectivity index (χ4v) is 2.16. The third-order valence-electron chi connectivity index (χ3n) is 3.03. The van der Waals surface area contributed by atoms with Gasteiger partial charge in [-0.3, -0.25) is 14.5 Å². The van der Waals surface area contributed by atoms with Crippen LogP contribution < -0.4 is 0 Å². The second-order valence-corrected chi connectivity index (χ2v) is 4.13. The standard InChI is InChI=1S/C13H11NO3/c15-12-10-5-1-2-6-11(10)13(16)14(12)8-9-4-3-7-17-9/h1-3,5-7,9H,4,8H2. The highest BCUT2D eigenvalue weighted by molar-refractivity contribution is 6.21. The molecular weight excluding hydrogens is 218 g/mol. The van der Waals surface area contributed by atoms with E-state index < -0.39 is 0 Å². The average Bonchev–Trinajstić information content (AvgIpc) is 2.94. The Bertz CT molecular complexity index is 478. The summed E-state index contributed by atoms with van der Waals surface area (Å²) >= 11 is 0. The highest BCUT2D eigenvalue weighted by Gasteiger charge is 2.36. The first kappa shape index (κ1) is 10.1. The molecule has 1 aromatic rings. The number of rotatable bonds is 2. The molecule has 0 spiro atoms. The maximum absolute atomic E-state index is 12.0. The molecule has 4 heteroatoms. The fraction of sp³-hybridized carbons (Fsp3) is 0.231. The summed E-state index contributed by atoms with van der Waals surface area (Å²) in [5, 5.41) is 0. The van der Waals surface area contributed by atoms with Gasteiger partial charge in [0.25, 0.3) is 11.8 Å². The van der Waals surface area contributed by atoms with E-state index in [0.717, 1.165) is 6.42 Å². The zero-order valence-electron chi connectivity index (χ0n) is 9.13. The lowest BCUT2D eigenvalue weighted by atomic mass is 10.1. The fourth-order valence-electron chi connectivity index (χ4n) is 2.16. The maximum atomic E-state index is 12.0. The van der Waals surface area contributed by atoms with Crippen molar-refractivity contribution in [2.75, 3.05) is 6.54 Å². The number of carbonyl (C=O) groups is 2. The first-order valence-corrected chi connectivity index (χ1v) is 5.53. The zero-order valence-corrected chi connectivity index (χ0v) is 9.13. The molecule has 0 aliphatic carbocycles. The van der Waals surface area contributed by atoms with Crippen molar-refractivity contribution in [1.82, 2.24) is 4.90 Å². The second-order valence-electron chi connectivity index (χ2n) is 4.13. The van der Waals surface area contributed by atoms with Gasteiger partial charge in [0.2, 0.25) is 0 Å². The van der Waals surface area contributed by atoms with E-state index in [4.69, 9.17) is 4.74 Å². The van der Waals surface area contributed by atoms with E-state index in [-0.39, 0.29) is 17.9 Å². The van der Waals surface area contributed by atoms with Crippen LogP contribution in [-0.2, 0) is 4.74 Å². The molecule has 4 nitrogen and oxygen atoms in total. The molecule has 86 valence electrons. The molecule has 0 N–H and O–H groups in total. The summed E-state index contributed by atoms with van der Waals surface area (Å²) in [5.74, 6) is -0.442. The SMILES string of the molecule is O=C1c2ccccc2C(=O)N1CC1CC=CO1. The first-order valence-electron chi connectivity index (χ1n) is 5.53. The molecule has 1 atom stereocenters. The topological polar surface area (TPSA) is 46.6 Å². The van der Waals surface area contributed by atoms with Crippen LogP contribution in [0.15, 0.2) is 36.6 Å². The van der Waals surface area contributed by atoms with Crippen LogP contribution in [0.5, 0.6) is 0 Å². The van der Waals surface area contributed by atoms with Gasteiger partial charge in [0.1, 0.15) is 6.10 Å². The Hall–Kier alpha value is -2.10. The van der Waals surface area contributed by atoms with Gasteiger partial charge in [-0.25, -0.2) is 0 Å². The minimum absolute atomic E-state index is 0.0998. The second kappa shape index (κ2) is 3.73. The smallest absolute Gasteiger partial charge is 0.261 e. The Labute approximate surface area is 98.5 Å². The third-order valence-corrected chi connectivity index (χ3v) is 3.03. The summed E-state index contributed by atoms with van der Waals surface area (Å²) in [6, 6.07) is 6.90. The Balaban J connectivity index is 1.85. The number of ether oxygens (including phenoxy) is 1. The van der Waals surface area contributed by atoms with Crippen molar-refractivity contribution in [3.8, 4) is 0 Å². The van der Waals surface area contributed by atoms with Gasteiger partial charge in [-0.15, -0.1) is 0 Å². The number of nitrogens with zero attached hydrogens (tertiary/aromatic N) is 1. The Morgan fingerprint density at radius 1 is 1.18 bits per heavy atom. The van der Waals surface area contributed by atoms with Gasteiger partial charge in [0.15, 0.2) is 0 Å². The monoisotopic (exact) mass is 229 g/mol. The lowest BCUT2D eigenvalue weighted by Gasteiger charge is -2.18. The van der Waals surface area contributed by atoms with Crippen molar-refractivity contribution < 1.29 is 14.3 Å². The lowest BCUT2D eigenvalue weighted by Crippen LogP contribution is -2.36. The Morgan fingerprint density at radius 2 is 1.82 bits per heavy atom. The largest absolute Gasteiger partial charge is 0.496 e. The molecular formula is C13H11NO3. The highest BCUT2D eigenvalue weighted by atomic mass is 16.5. The zero-order chi connectivity index (χ0) is 11.8. The van der Waals surface area contributed by atoms with Gasteiger partial charge in [0.05, 0.1) is 23.9 Å². The number of hydrogen-bond acceptors (Lipinski definition) is 3. The van der Waals surface area contributed by atoms with Crippen LogP contribution in [0, 0.1) is 0 Å². The molecule has 0 fully saturated rings. The molecule has 0 radical (unpaired) electrons. The number of benzene rings is 1. The van der Waals surface area contributed by atoms with Gasteiger partial charge in [-0.05, 0) is 18.2 Å². The summed E-state index contributed by atoms with van der Waals surface area (Å²) in [5.41, 5.74) is 0.979. The minimum Gasteiger partial charge on any atom is -0.496 e. The van der Waals surface area contributed by atoms with Crippen LogP contribution in [0.3, 0.4) is 0 Å². The third kappa shape index (κ3) is 1.53. The average molecular weight is 229 g/mol. The van der Waals surface area contributed by atoms with Crippen LogP contribution in [-0.4, -0.2) is 29.4 Å². The van der Waals surface area contributed by atoms with Crippen LogP contribution >= 0.6 is 0 Å². The van der Waals surface area contributed by atoms with Crippen molar-refractivity contribution in [2.24, 2.45) is 0 Å². The lowest BCUT2D eigenvalue weighted by molar-refractivity contribution is 0.0549. The predicted octanol–water partition coefficient (Wildman–Crippen LogP) is 1.59. The van der Waals surface area contributed by atoms with Gasteiger partial charge < -0.3 is 4.74 Å². The van der Waals surface area contributed by atoms with E-state index >= 15 is 0 Å². The maximum Gasteiger partial charge on any atom is 0.261 e. The molecule has 2 aliphatic rings. The Kier molecular flexibility index (Phi) is 2.21. The number of imide groups is 1. The number of carbonyl (C=O) groups excluding carboxylic acids is 2. The van der Waals surface area contributed by atoms with Crippen molar-refractivity contribution in [3.63, 3.8) is 0 Å². The Morgan fingerprint density at radius 3 is 2.35 bits per heavy atom. The van der Waals surface area contributed by atoms with E-state index in [0.29, 0.717) is 17.7 Å². The van der Waals surface area contributed by atoms with E-state index in [2.05, 4.69) is 0 Å². The summed E-state index contributed by atoms with van der Waals surface area (Å²) < 4.78 is 5.28. The van der Waals surface area contributed by atoms with Crippen molar-refractivity contribution in [3.05, 3.63) is 47.7 Å². The molecule has 2 heterocycles. The van der Waals surface area contributed by atoms with E-state index in [1.165, 1.54) is 4.90 Å². The van der Waals surface area contributed by atoms with E-state index in [1.54, 1.807) is 30.5 Å². The van der Waals surface area contributed by atoms with Crippen molar-refractivity contribution >= 4 is 11.8 Å².